The van der Waals surface area contributed by atoms with Gasteiger partial charge in [0.25, 0.3) is 0 Å². The van der Waals surface area contributed by atoms with Gasteiger partial charge in [-0.2, -0.15) is 0 Å². The van der Waals surface area contributed by atoms with Crippen molar-refractivity contribution in [3.8, 4) is 11.3 Å². The van der Waals surface area contributed by atoms with Crippen molar-refractivity contribution in [1.82, 2.24) is 4.98 Å². The van der Waals surface area contributed by atoms with E-state index in [4.69, 9.17) is 0 Å². The van der Waals surface area contributed by atoms with Crippen molar-refractivity contribution in [2.45, 2.75) is 13.8 Å². The monoisotopic (exact) mass is 225 g/mol. The molecule has 0 aliphatic rings. The zero-order valence-corrected chi connectivity index (χ0v) is 9.16. The van der Waals surface area contributed by atoms with E-state index in [9.17, 15) is 8.78 Å². The number of rotatable bonds is 1. The maximum absolute atomic E-state index is 13.5. The smallest absolute Gasteiger partial charge is 0.135 e. The molecule has 1 nitrogen and oxygen atoms in total. The Kier molecular flexibility index (Phi) is 2.52. The van der Waals surface area contributed by atoms with Crippen LogP contribution < -0.4 is 0 Å². The molecule has 1 aromatic heterocycles. The van der Waals surface area contributed by atoms with Gasteiger partial charge in [0.15, 0.2) is 0 Å². The lowest BCUT2D eigenvalue weighted by Crippen LogP contribution is -1.88. The fourth-order valence-corrected chi connectivity index (χ4v) is 2.29. The highest BCUT2D eigenvalue weighted by atomic mass is 32.1. The van der Waals surface area contributed by atoms with Gasteiger partial charge in [-0.25, -0.2) is 13.8 Å². The van der Waals surface area contributed by atoms with Gasteiger partial charge in [0.2, 0.25) is 0 Å². The van der Waals surface area contributed by atoms with Crippen LogP contribution in [0.2, 0.25) is 0 Å². The third kappa shape index (κ3) is 1.90. The van der Waals surface area contributed by atoms with Crippen molar-refractivity contribution < 1.29 is 8.78 Å². The molecule has 0 bridgehead atoms. The lowest BCUT2D eigenvalue weighted by molar-refractivity contribution is 0.585. The summed E-state index contributed by atoms with van der Waals surface area (Å²) in [5.74, 6) is -1.13. The van der Waals surface area contributed by atoms with Gasteiger partial charge in [-0.3, -0.25) is 0 Å². The Morgan fingerprint density at radius 2 is 1.93 bits per heavy atom. The molecule has 0 unspecified atom stereocenters. The summed E-state index contributed by atoms with van der Waals surface area (Å²) >= 11 is 1.51. The van der Waals surface area contributed by atoms with E-state index in [1.54, 1.807) is 0 Å². The highest BCUT2D eigenvalue weighted by molar-refractivity contribution is 7.11. The molecule has 4 heteroatoms. The van der Waals surface area contributed by atoms with Crippen LogP contribution in [0.5, 0.6) is 0 Å². The molecule has 0 saturated heterocycles. The van der Waals surface area contributed by atoms with Gasteiger partial charge in [0.05, 0.1) is 10.7 Å². The Hall–Kier alpha value is -1.29. The molecule has 0 radical (unpaired) electrons. The summed E-state index contributed by atoms with van der Waals surface area (Å²) < 4.78 is 26.2. The molecular weight excluding hydrogens is 216 g/mol. The summed E-state index contributed by atoms with van der Waals surface area (Å²) in [6, 6.07) is 3.54. The molecule has 0 aliphatic heterocycles. The van der Waals surface area contributed by atoms with E-state index in [0.29, 0.717) is 11.3 Å². The minimum absolute atomic E-state index is 0.359. The molecule has 0 amide bonds. The van der Waals surface area contributed by atoms with Crippen LogP contribution >= 0.6 is 11.3 Å². The largest absolute Gasteiger partial charge is 0.241 e. The molecule has 0 fully saturated rings. The van der Waals surface area contributed by atoms with Gasteiger partial charge in [-0.05, 0) is 26.0 Å². The van der Waals surface area contributed by atoms with Gasteiger partial charge in [0.1, 0.15) is 11.6 Å². The summed E-state index contributed by atoms with van der Waals surface area (Å²) in [7, 11) is 0. The van der Waals surface area contributed by atoms with Crippen molar-refractivity contribution in [3.63, 3.8) is 0 Å². The van der Waals surface area contributed by atoms with E-state index in [-0.39, 0.29) is 0 Å². The lowest BCUT2D eigenvalue weighted by atomic mass is 10.1. The minimum Gasteiger partial charge on any atom is -0.241 e. The molecule has 0 atom stereocenters. The summed E-state index contributed by atoms with van der Waals surface area (Å²) in [5.41, 5.74) is 0.966. The van der Waals surface area contributed by atoms with Crippen LogP contribution in [0.3, 0.4) is 0 Å². The van der Waals surface area contributed by atoms with E-state index < -0.39 is 11.6 Å². The number of hydrogen-bond acceptors (Lipinski definition) is 2. The first-order valence-electron chi connectivity index (χ1n) is 4.47. The topological polar surface area (TPSA) is 12.9 Å². The highest BCUT2D eigenvalue weighted by Crippen LogP contribution is 2.29. The molecule has 0 N–H and O–H groups in total. The summed E-state index contributed by atoms with van der Waals surface area (Å²) in [6.45, 7) is 3.74. The molecule has 2 aromatic rings. The van der Waals surface area contributed by atoms with Crippen molar-refractivity contribution in [2.24, 2.45) is 0 Å². The first-order valence-corrected chi connectivity index (χ1v) is 5.29. The van der Waals surface area contributed by atoms with Crippen LogP contribution in [0, 0.1) is 25.5 Å². The molecule has 78 valence electrons. The van der Waals surface area contributed by atoms with Crippen molar-refractivity contribution >= 4 is 11.3 Å². The number of halogens is 2. The number of hydrogen-bond donors (Lipinski definition) is 0. The third-order valence-electron chi connectivity index (χ3n) is 2.09. The van der Waals surface area contributed by atoms with E-state index in [1.807, 2.05) is 13.8 Å². The normalized spacial score (nSPS) is 10.7. The summed E-state index contributed by atoms with van der Waals surface area (Å²) in [5, 5.41) is 0.881. The molecule has 0 aliphatic carbocycles. The number of thiazole rings is 1. The van der Waals surface area contributed by atoms with Gasteiger partial charge in [0, 0.05) is 16.5 Å². The Balaban J connectivity index is 2.59. The van der Waals surface area contributed by atoms with Crippen LogP contribution in [0.15, 0.2) is 18.2 Å². The second kappa shape index (κ2) is 3.70. The van der Waals surface area contributed by atoms with Crippen LogP contribution in [0.4, 0.5) is 8.78 Å². The Bertz CT molecular complexity index is 505. The quantitative estimate of drug-likeness (QED) is 0.721. The zero-order valence-electron chi connectivity index (χ0n) is 8.34. The van der Waals surface area contributed by atoms with Gasteiger partial charge >= 0.3 is 0 Å². The van der Waals surface area contributed by atoms with Crippen LogP contribution in [0.25, 0.3) is 11.3 Å². The molecule has 0 spiro atoms. The van der Waals surface area contributed by atoms with Gasteiger partial charge < -0.3 is 0 Å². The van der Waals surface area contributed by atoms with Crippen molar-refractivity contribution in [3.05, 3.63) is 39.7 Å². The summed E-state index contributed by atoms with van der Waals surface area (Å²) in [4.78, 5) is 5.17. The van der Waals surface area contributed by atoms with Crippen molar-refractivity contribution in [2.75, 3.05) is 0 Å². The third-order valence-corrected chi connectivity index (χ3v) is 2.98. The molecule has 15 heavy (non-hydrogen) atoms. The fourth-order valence-electron chi connectivity index (χ4n) is 1.46. The summed E-state index contributed by atoms with van der Waals surface area (Å²) in [6.07, 6.45) is 0. The lowest BCUT2D eigenvalue weighted by Gasteiger charge is -2.00. The van der Waals surface area contributed by atoms with Crippen LogP contribution in [-0.2, 0) is 0 Å². The Morgan fingerprint density at radius 3 is 2.47 bits per heavy atom. The maximum atomic E-state index is 13.5. The molecule has 1 heterocycles. The second-order valence-electron chi connectivity index (χ2n) is 3.26. The highest BCUT2D eigenvalue weighted by Gasteiger charge is 2.12. The maximum Gasteiger partial charge on any atom is 0.135 e. The van der Waals surface area contributed by atoms with Crippen LogP contribution in [0.1, 0.15) is 9.88 Å². The number of nitrogens with zero attached hydrogens (tertiary/aromatic N) is 1. The molecule has 1 aromatic carbocycles. The number of benzene rings is 1. The van der Waals surface area contributed by atoms with Crippen molar-refractivity contribution in [1.29, 1.82) is 0 Å². The standard InChI is InChI=1S/C11H9F2NS/c1-6-11(14-7(2)15-6)9-4-3-8(12)5-10(9)13/h3-5H,1-2H3. The number of aryl methyl sites for hydroxylation is 2. The van der Waals surface area contributed by atoms with E-state index in [1.165, 1.54) is 23.5 Å². The van der Waals surface area contributed by atoms with E-state index >= 15 is 0 Å². The second-order valence-corrected chi connectivity index (χ2v) is 4.67. The predicted molar refractivity (Wildman–Crippen MR) is 56.9 cm³/mol. The average molecular weight is 225 g/mol. The average Bonchev–Trinajstić information content (AvgIpc) is 2.45. The molecular formula is C11H9F2NS. The first-order chi connectivity index (χ1) is 7.08. The Morgan fingerprint density at radius 1 is 1.20 bits per heavy atom. The number of aromatic nitrogens is 1. The molecule has 0 saturated carbocycles. The van der Waals surface area contributed by atoms with Crippen LogP contribution in [-0.4, -0.2) is 4.98 Å². The fraction of sp³-hybridized carbons (Fsp3) is 0.182. The van der Waals surface area contributed by atoms with E-state index in [2.05, 4.69) is 4.98 Å². The van der Waals surface area contributed by atoms with Gasteiger partial charge in [-0.1, -0.05) is 0 Å². The SMILES string of the molecule is Cc1nc(-c2ccc(F)cc2F)c(C)s1. The Labute approximate surface area is 90.4 Å². The van der Waals surface area contributed by atoms with E-state index in [0.717, 1.165) is 16.0 Å². The predicted octanol–water partition coefficient (Wildman–Crippen LogP) is 3.71. The first kappa shape index (κ1) is 10.2. The van der Waals surface area contributed by atoms with Gasteiger partial charge in [-0.15, -0.1) is 11.3 Å². The minimum atomic E-state index is -0.569. The molecule has 2 rings (SSSR count). The zero-order chi connectivity index (χ0) is 11.0.